The van der Waals surface area contributed by atoms with Crippen LogP contribution in [0.15, 0.2) is 35.7 Å². The van der Waals surface area contributed by atoms with Crippen molar-refractivity contribution in [1.29, 1.82) is 0 Å². The number of carbonyl (C=O) groups is 1. The van der Waals surface area contributed by atoms with Gasteiger partial charge in [0, 0.05) is 19.1 Å². The summed E-state index contributed by atoms with van der Waals surface area (Å²) in [4.78, 5) is 25.7. The van der Waals surface area contributed by atoms with Gasteiger partial charge in [-0.25, -0.2) is 4.79 Å². The minimum atomic E-state index is -0.717. The van der Waals surface area contributed by atoms with Gasteiger partial charge in [0.2, 0.25) is 0 Å². The Kier molecular flexibility index (Phi) is 3.67. The first kappa shape index (κ1) is 14.3. The highest BCUT2D eigenvalue weighted by Gasteiger charge is 2.42. The van der Waals surface area contributed by atoms with Crippen molar-refractivity contribution in [2.45, 2.75) is 13.0 Å². The summed E-state index contributed by atoms with van der Waals surface area (Å²) in [5.41, 5.74) is 0.999. The molecule has 1 aliphatic rings. The van der Waals surface area contributed by atoms with E-state index in [1.165, 1.54) is 16.8 Å². The second kappa shape index (κ2) is 5.13. The lowest BCUT2D eigenvalue weighted by atomic mass is 9.99. The molecule has 1 aromatic carbocycles. The van der Waals surface area contributed by atoms with E-state index >= 15 is 0 Å². The summed E-state index contributed by atoms with van der Waals surface area (Å²) in [5, 5.41) is 11.9. The minimum absolute atomic E-state index is 0.00285. The first-order valence-corrected chi connectivity index (χ1v) is 6.33. The minimum Gasteiger partial charge on any atom is -0.310 e. The molecule has 0 radical (unpaired) electrons. The van der Waals surface area contributed by atoms with Gasteiger partial charge in [-0.15, -0.1) is 0 Å². The number of hydrogen-bond donors (Lipinski definition) is 0. The largest absolute Gasteiger partial charge is 0.324 e. The number of amides is 2. The Balaban J connectivity index is 2.60. The van der Waals surface area contributed by atoms with E-state index in [2.05, 4.69) is 0 Å². The van der Waals surface area contributed by atoms with Crippen molar-refractivity contribution < 1.29 is 9.72 Å². The number of allylic oxidation sites excluding steroid dienone is 1. The monoisotopic (exact) mass is 295 g/mol. The van der Waals surface area contributed by atoms with Crippen molar-refractivity contribution in [3.05, 3.63) is 56.4 Å². The molecule has 2 amide bonds. The highest BCUT2D eigenvalue weighted by Crippen LogP contribution is 2.35. The van der Waals surface area contributed by atoms with E-state index in [9.17, 15) is 14.9 Å². The maximum absolute atomic E-state index is 12.1. The standard InChI is InChI=1S/C13H14ClN3O3/c1-8-11(17(19)20)12(16(3)13(18)15(8)2)9-4-6-10(14)7-5-9/h4-7,12H,1-3H3/t12-/m1/s1. The number of carbonyl (C=O) groups excluding carboxylic acids is 1. The van der Waals surface area contributed by atoms with Crippen LogP contribution in [-0.4, -0.2) is 34.8 Å². The fraction of sp³-hybridized carbons (Fsp3) is 0.308. The maximum atomic E-state index is 12.1. The quantitative estimate of drug-likeness (QED) is 0.622. The molecule has 0 fully saturated rings. The van der Waals surface area contributed by atoms with Gasteiger partial charge in [0.15, 0.2) is 6.04 Å². The molecule has 1 heterocycles. The SMILES string of the molecule is CC1=C([N+](=O)[O-])[C@@H](c2ccc(Cl)cc2)N(C)C(=O)N1C. The Labute approximate surface area is 121 Å². The average Bonchev–Trinajstić information content (AvgIpc) is 2.41. The molecule has 0 aliphatic carbocycles. The molecule has 0 N–H and O–H groups in total. The zero-order chi connectivity index (χ0) is 15.0. The van der Waals surface area contributed by atoms with E-state index in [0.717, 1.165) is 0 Å². The number of hydrogen-bond acceptors (Lipinski definition) is 3. The normalized spacial score (nSPS) is 19.6. The van der Waals surface area contributed by atoms with E-state index in [4.69, 9.17) is 11.6 Å². The van der Waals surface area contributed by atoms with Gasteiger partial charge in [-0.1, -0.05) is 23.7 Å². The highest BCUT2D eigenvalue weighted by atomic mass is 35.5. The van der Waals surface area contributed by atoms with Crippen LogP contribution in [0.3, 0.4) is 0 Å². The number of urea groups is 1. The summed E-state index contributed by atoms with van der Waals surface area (Å²) in [6, 6.07) is 5.69. The maximum Gasteiger partial charge on any atom is 0.324 e. The van der Waals surface area contributed by atoms with Gasteiger partial charge in [-0.05, 0) is 24.6 Å². The second-order valence-electron chi connectivity index (χ2n) is 4.63. The smallest absolute Gasteiger partial charge is 0.310 e. The first-order valence-electron chi connectivity index (χ1n) is 5.95. The van der Waals surface area contributed by atoms with Crippen LogP contribution in [0.5, 0.6) is 0 Å². The topological polar surface area (TPSA) is 66.7 Å². The number of nitrogens with zero attached hydrogens (tertiary/aromatic N) is 3. The molecule has 1 aliphatic heterocycles. The van der Waals surface area contributed by atoms with Crippen molar-refractivity contribution in [2.75, 3.05) is 14.1 Å². The average molecular weight is 296 g/mol. The summed E-state index contributed by atoms with van der Waals surface area (Å²) in [5.74, 6) is 0. The van der Waals surface area contributed by atoms with Crippen molar-refractivity contribution in [2.24, 2.45) is 0 Å². The molecule has 0 aromatic heterocycles. The lowest BCUT2D eigenvalue weighted by molar-refractivity contribution is -0.436. The number of benzene rings is 1. The molecular weight excluding hydrogens is 282 g/mol. The molecule has 1 aromatic rings. The number of likely N-dealkylation sites (N-methyl/N-ethyl adjacent to an activating group) is 1. The van der Waals surface area contributed by atoms with E-state index in [-0.39, 0.29) is 11.7 Å². The van der Waals surface area contributed by atoms with E-state index in [1.807, 2.05) is 0 Å². The Hall–Kier alpha value is -2.08. The Morgan fingerprint density at radius 3 is 2.30 bits per heavy atom. The second-order valence-corrected chi connectivity index (χ2v) is 5.07. The Bertz CT molecular complexity index is 597. The molecule has 0 saturated heterocycles. The van der Waals surface area contributed by atoms with Gasteiger partial charge in [-0.3, -0.25) is 15.0 Å². The number of halogens is 1. The summed E-state index contributed by atoms with van der Waals surface area (Å²) < 4.78 is 0. The predicted octanol–water partition coefficient (Wildman–Crippen LogP) is 2.89. The molecule has 6 nitrogen and oxygen atoms in total. The first-order chi connectivity index (χ1) is 9.34. The van der Waals surface area contributed by atoms with Gasteiger partial charge in [0.25, 0.3) is 5.70 Å². The van der Waals surface area contributed by atoms with Crippen molar-refractivity contribution in [3.8, 4) is 0 Å². The van der Waals surface area contributed by atoms with E-state index < -0.39 is 11.0 Å². The molecule has 1 atom stereocenters. The lowest BCUT2D eigenvalue weighted by Gasteiger charge is -2.36. The third-order valence-corrected chi connectivity index (χ3v) is 3.74. The van der Waals surface area contributed by atoms with Crippen LogP contribution < -0.4 is 0 Å². The van der Waals surface area contributed by atoms with Crippen molar-refractivity contribution in [1.82, 2.24) is 9.80 Å². The summed E-state index contributed by atoms with van der Waals surface area (Å²) >= 11 is 5.83. The molecule has 20 heavy (non-hydrogen) atoms. The zero-order valence-corrected chi connectivity index (χ0v) is 12.1. The molecule has 0 spiro atoms. The molecule has 2 rings (SSSR count). The summed E-state index contributed by atoms with van der Waals surface area (Å²) in [6.45, 7) is 1.58. The van der Waals surface area contributed by atoms with Gasteiger partial charge in [0.1, 0.15) is 0 Å². The molecule has 106 valence electrons. The predicted molar refractivity (Wildman–Crippen MR) is 74.8 cm³/mol. The fourth-order valence-corrected chi connectivity index (χ4v) is 2.43. The van der Waals surface area contributed by atoms with Crippen LogP contribution in [-0.2, 0) is 0 Å². The lowest BCUT2D eigenvalue weighted by Crippen LogP contribution is -2.47. The van der Waals surface area contributed by atoms with Gasteiger partial charge in [0.05, 0.1) is 10.6 Å². The van der Waals surface area contributed by atoms with Crippen LogP contribution in [0.2, 0.25) is 5.02 Å². The molecular formula is C13H14ClN3O3. The molecule has 0 saturated carbocycles. The van der Waals surface area contributed by atoms with E-state index in [0.29, 0.717) is 16.3 Å². The van der Waals surface area contributed by atoms with Gasteiger partial charge >= 0.3 is 6.03 Å². The van der Waals surface area contributed by atoms with Crippen LogP contribution in [0.1, 0.15) is 18.5 Å². The zero-order valence-electron chi connectivity index (χ0n) is 11.3. The molecule has 0 bridgehead atoms. The third kappa shape index (κ3) is 2.22. The van der Waals surface area contributed by atoms with Gasteiger partial charge < -0.3 is 4.90 Å². The van der Waals surface area contributed by atoms with Crippen LogP contribution in [0, 0.1) is 10.1 Å². The van der Waals surface area contributed by atoms with Gasteiger partial charge in [-0.2, -0.15) is 0 Å². The molecule has 7 heteroatoms. The van der Waals surface area contributed by atoms with Crippen LogP contribution >= 0.6 is 11.6 Å². The third-order valence-electron chi connectivity index (χ3n) is 3.49. The van der Waals surface area contributed by atoms with Crippen molar-refractivity contribution in [3.63, 3.8) is 0 Å². The molecule has 0 unspecified atom stereocenters. The highest BCUT2D eigenvalue weighted by molar-refractivity contribution is 6.30. The summed E-state index contributed by atoms with van der Waals surface area (Å²) in [7, 11) is 3.07. The number of nitro groups is 1. The van der Waals surface area contributed by atoms with Crippen LogP contribution in [0.25, 0.3) is 0 Å². The fourth-order valence-electron chi connectivity index (χ4n) is 2.30. The van der Waals surface area contributed by atoms with Crippen molar-refractivity contribution >= 4 is 17.6 Å². The van der Waals surface area contributed by atoms with E-state index in [1.54, 1.807) is 38.2 Å². The Morgan fingerprint density at radius 1 is 1.25 bits per heavy atom. The Morgan fingerprint density at radius 2 is 1.80 bits per heavy atom. The number of rotatable bonds is 2. The van der Waals surface area contributed by atoms with Crippen LogP contribution in [0.4, 0.5) is 4.79 Å². The summed E-state index contributed by atoms with van der Waals surface area (Å²) in [6.07, 6.45) is 0.